The van der Waals surface area contributed by atoms with Crippen LogP contribution in [0.15, 0.2) is 11.5 Å². The SMILES string of the molecule is C[C@H]1C[C@@]2(C=CS(=O)(=O)N2)CCN1. The second-order valence-corrected chi connectivity index (χ2v) is 5.48. The fraction of sp³-hybridized carbons (Fsp3) is 0.750. The maximum atomic E-state index is 11.2. The first kappa shape index (κ1) is 9.18. The summed E-state index contributed by atoms with van der Waals surface area (Å²) in [5.74, 6) is 0. The summed E-state index contributed by atoms with van der Waals surface area (Å²) in [6, 6.07) is 0.374. The molecular weight excluding hydrogens is 188 g/mol. The van der Waals surface area contributed by atoms with E-state index in [1.54, 1.807) is 6.08 Å². The standard InChI is InChI=1S/C8H14N2O2S/c1-7-6-8(2-4-9-7)3-5-13(11,12)10-8/h3,5,7,9-10H,2,4,6H2,1H3/t7-,8-/m0/s1. The van der Waals surface area contributed by atoms with Gasteiger partial charge >= 0.3 is 0 Å². The van der Waals surface area contributed by atoms with E-state index in [-0.39, 0.29) is 5.54 Å². The molecule has 0 aliphatic carbocycles. The van der Waals surface area contributed by atoms with Crippen LogP contribution in [0.3, 0.4) is 0 Å². The molecule has 0 radical (unpaired) electrons. The second kappa shape index (κ2) is 2.80. The van der Waals surface area contributed by atoms with Crippen LogP contribution in [0, 0.1) is 0 Å². The number of piperidine rings is 1. The molecule has 0 aromatic heterocycles. The summed E-state index contributed by atoms with van der Waals surface area (Å²) in [6.07, 6.45) is 3.47. The van der Waals surface area contributed by atoms with Gasteiger partial charge in [0.2, 0.25) is 10.0 Å². The number of hydrogen-bond donors (Lipinski definition) is 2. The van der Waals surface area contributed by atoms with Crippen molar-refractivity contribution in [2.24, 2.45) is 0 Å². The lowest BCUT2D eigenvalue weighted by Crippen LogP contribution is -2.52. The molecule has 0 bridgehead atoms. The molecule has 2 aliphatic heterocycles. The molecule has 0 amide bonds. The molecule has 1 saturated heterocycles. The van der Waals surface area contributed by atoms with E-state index in [4.69, 9.17) is 0 Å². The Bertz CT molecular complexity index is 336. The molecule has 0 aromatic carbocycles. The lowest BCUT2D eigenvalue weighted by Gasteiger charge is -2.35. The third-order valence-electron chi connectivity index (χ3n) is 2.65. The highest BCUT2D eigenvalue weighted by Gasteiger charge is 2.39. The molecule has 0 saturated carbocycles. The highest BCUT2D eigenvalue weighted by molar-refractivity contribution is 7.92. The van der Waals surface area contributed by atoms with Gasteiger partial charge in [-0.05, 0) is 26.3 Å². The summed E-state index contributed by atoms with van der Waals surface area (Å²) in [7, 11) is -3.14. The molecule has 1 spiro atoms. The monoisotopic (exact) mass is 202 g/mol. The van der Waals surface area contributed by atoms with Gasteiger partial charge in [0, 0.05) is 11.4 Å². The fourth-order valence-electron chi connectivity index (χ4n) is 2.08. The van der Waals surface area contributed by atoms with Crippen molar-refractivity contribution in [2.45, 2.75) is 31.3 Å². The maximum absolute atomic E-state index is 11.2. The Balaban J connectivity index is 2.20. The molecule has 4 nitrogen and oxygen atoms in total. The molecule has 2 N–H and O–H groups in total. The van der Waals surface area contributed by atoms with Gasteiger partial charge < -0.3 is 5.32 Å². The Labute approximate surface area is 78.5 Å². The second-order valence-electron chi connectivity index (χ2n) is 3.92. The van der Waals surface area contributed by atoms with Gasteiger partial charge in [0.1, 0.15) is 0 Å². The number of hydrogen-bond acceptors (Lipinski definition) is 3. The average molecular weight is 202 g/mol. The molecule has 2 heterocycles. The quantitative estimate of drug-likeness (QED) is 0.579. The van der Waals surface area contributed by atoms with Gasteiger partial charge in [-0.2, -0.15) is 0 Å². The number of sulfonamides is 1. The van der Waals surface area contributed by atoms with Crippen molar-refractivity contribution in [1.29, 1.82) is 0 Å². The van der Waals surface area contributed by atoms with Gasteiger partial charge in [0.05, 0.1) is 5.54 Å². The van der Waals surface area contributed by atoms with Crippen LogP contribution in [0.2, 0.25) is 0 Å². The van der Waals surface area contributed by atoms with Crippen LogP contribution >= 0.6 is 0 Å². The van der Waals surface area contributed by atoms with Gasteiger partial charge in [0.15, 0.2) is 0 Å². The Kier molecular flexibility index (Phi) is 1.98. The highest BCUT2D eigenvalue weighted by atomic mass is 32.2. The first-order chi connectivity index (χ1) is 6.02. The molecule has 0 aromatic rings. The summed E-state index contributed by atoms with van der Waals surface area (Å²) in [5.41, 5.74) is -0.302. The van der Waals surface area contributed by atoms with Crippen molar-refractivity contribution in [3.05, 3.63) is 11.5 Å². The van der Waals surface area contributed by atoms with E-state index in [0.717, 1.165) is 19.4 Å². The van der Waals surface area contributed by atoms with Crippen molar-refractivity contribution in [2.75, 3.05) is 6.54 Å². The zero-order valence-electron chi connectivity index (χ0n) is 7.58. The van der Waals surface area contributed by atoms with Crippen LogP contribution in [0.5, 0.6) is 0 Å². The predicted octanol–water partition coefficient (Wildman–Crippen LogP) is -0.0562. The third kappa shape index (κ3) is 1.77. The molecule has 1 fully saturated rings. The van der Waals surface area contributed by atoms with Crippen molar-refractivity contribution in [3.63, 3.8) is 0 Å². The lowest BCUT2D eigenvalue weighted by molar-refractivity contribution is 0.299. The molecule has 5 heteroatoms. The Morgan fingerprint density at radius 1 is 1.54 bits per heavy atom. The normalized spacial score (nSPS) is 42.7. The van der Waals surface area contributed by atoms with Crippen molar-refractivity contribution in [3.8, 4) is 0 Å². The summed E-state index contributed by atoms with van der Waals surface area (Å²) in [4.78, 5) is 0. The lowest BCUT2D eigenvalue weighted by atomic mass is 9.86. The van der Waals surface area contributed by atoms with Gasteiger partial charge in [-0.3, -0.25) is 0 Å². The summed E-state index contributed by atoms with van der Waals surface area (Å²) in [6.45, 7) is 2.94. The van der Waals surface area contributed by atoms with Gasteiger partial charge in [0.25, 0.3) is 0 Å². The number of nitrogens with one attached hydrogen (secondary N) is 2. The van der Waals surface area contributed by atoms with E-state index in [1.165, 1.54) is 5.41 Å². The molecule has 2 aliphatic rings. The largest absolute Gasteiger partial charge is 0.314 e. The van der Waals surface area contributed by atoms with Crippen LogP contribution in [0.4, 0.5) is 0 Å². The number of rotatable bonds is 0. The van der Waals surface area contributed by atoms with Crippen molar-refractivity contribution >= 4 is 10.0 Å². The van der Waals surface area contributed by atoms with Crippen LogP contribution in [-0.2, 0) is 10.0 Å². The molecule has 13 heavy (non-hydrogen) atoms. The average Bonchev–Trinajstić information content (AvgIpc) is 2.26. The van der Waals surface area contributed by atoms with Gasteiger partial charge in [-0.15, -0.1) is 0 Å². The molecule has 0 unspecified atom stereocenters. The van der Waals surface area contributed by atoms with E-state index in [9.17, 15) is 8.42 Å². The third-order valence-corrected chi connectivity index (χ3v) is 3.83. The minimum Gasteiger partial charge on any atom is -0.314 e. The highest BCUT2D eigenvalue weighted by Crippen LogP contribution is 2.28. The van der Waals surface area contributed by atoms with Gasteiger partial charge in [-0.25, -0.2) is 13.1 Å². The van der Waals surface area contributed by atoms with Crippen LogP contribution in [0.25, 0.3) is 0 Å². The van der Waals surface area contributed by atoms with Gasteiger partial charge in [-0.1, -0.05) is 6.08 Å². The molecular formula is C8H14N2O2S. The summed E-state index contributed by atoms with van der Waals surface area (Å²) >= 11 is 0. The van der Waals surface area contributed by atoms with Crippen molar-refractivity contribution in [1.82, 2.24) is 10.0 Å². The minimum absolute atomic E-state index is 0.302. The van der Waals surface area contributed by atoms with Crippen LogP contribution in [0.1, 0.15) is 19.8 Å². The Hall–Kier alpha value is -0.390. The maximum Gasteiger partial charge on any atom is 0.234 e. The Morgan fingerprint density at radius 2 is 2.31 bits per heavy atom. The topological polar surface area (TPSA) is 58.2 Å². The summed E-state index contributed by atoms with van der Waals surface area (Å²) < 4.78 is 25.1. The molecule has 74 valence electrons. The fourth-order valence-corrected chi connectivity index (χ4v) is 3.41. The van der Waals surface area contributed by atoms with Crippen molar-refractivity contribution < 1.29 is 8.42 Å². The van der Waals surface area contributed by atoms with E-state index in [1.807, 2.05) is 0 Å². The molecule has 2 atom stereocenters. The zero-order chi connectivity index (χ0) is 9.53. The minimum atomic E-state index is -3.14. The zero-order valence-corrected chi connectivity index (χ0v) is 8.39. The molecule has 2 rings (SSSR count). The Morgan fingerprint density at radius 3 is 2.85 bits per heavy atom. The van der Waals surface area contributed by atoms with Crippen LogP contribution in [-0.4, -0.2) is 26.5 Å². The van der Waals surface area contributed by atoms with E-state index in [0.29, 0.717) is 6.04 Å². The smallest absolute Gasteiger partial charge is 0.234 e. The summed E-state index contributed by atoms with van der Waals surface area (Å²) in [5, 5.41) is 4.57. The van der Waals surface area contributed by atoms with Crippen LogP contribution < -0.4 is 10.0 Å². The van der Waals surface area contributed by atoms with E-state index in [2.05, 4.69) is 17.0 Å². The predicted molar refractivity (Wildman–Crippen MR) is 50.6 cm³/mol. The van der Waals surface area contributed by atoms with E-state index >= 15 is 0 Å². The van der Waals surface area contributed by atoms with E-state index < -0.39 is 10.0 Å². The first-order valence-electron chi connectivity index (χ1n) is 4.48. The first-order valence-corrected chi connectivity index (χ1v) is 6.03.